The lowest BCUT2D eigenvalue weighted by molar-refractivity contribution is 0.139. The number of aromatic nitrogens is 1. The van der Waals surface area contributed by atoms with E-state index in [0.717, 1.165) is 26.3 Å². The maximum atomic E-state index is 5.27. The molecule has 0 radical (unpaired) electrons. The van der Waals surface area contributed by atoms with Gasteiger partial charge in [-0.2, -0.15) is 0 Å². The van der Waals surface area contributed by atoms with Gasteiger partial charge in [-0.25, -0.2) is 0 Å². The largest absolute Gasteiger partial charge is 0.380 e. The molecular weight excluding hydrogens is 164 g/mol. The molecule has 0 saturated carbocycles. The normalized spacial score (nSPS) is 10.6. The molecule has 3 nitrogen and oxygen atoms in total. The van der Waals surface area contributed by atoms with E-state index in [2.05, 4.69) is 28.3 Å². The summed E-state index contributed by atoms with van der Waals surface area (Å²) in [5, 5.41) is 3.12. The van der Waals surface area contributed by atoms with Gasteiger partial charge in [-0.15, -0.1) is 0 Å². The average Bonchev–Trinajstić information content (AvgIpc) is 2.54. The molecule has 1 aromatic rings. The van der Waals surface area contributed by atoms with E-state index in [9.17, 15) is 0 Å². The topological polar surface area (TPSA) is 26.2 Å². The van der Waals surface area contributed by atoms with Crippen molar-refractivity contribution in [2.24, 2.45) is 0 Å². The fraction of sp³-hybridized carbons (Fsp3) is 0.600. The van der Waals surface area contributed by atoms with Crippen molar-refractivity contribution < 1.29 is 4.74 Å². The average molecular weight is 182 g/mol. The first-order valence-corrected chi connectivity index (χ1v) is 4.73. The highest BCUT2D eigenvalue weighted by molar-refractivity contribution is 5.09. The number of ether oxygens (including phenoxy) is 1. The van der Waals surface area contributed by atoms with Crippen molar-refractivity contribution in [2.75, 3.05) is 20.3 Å². The maximum absolute atomic E-state index is 5.27. The van der Waals surface area contributed by atoms with Crippen LogP contribution in [0.5, 0.6) is 0 Å². The van der Waals surface area contributed by atoms with E-state index in [4.69, 9.17) is 4.74 Å². The third-order valence-corrected chi connectivity index (χ3v) is 1.89. The van der Waals surface area contributed by atoms with Gasteiger partial charge in [0, 0.05) is 32.1 Å². The quantitative estimate of drug-likeness (QED) is 0.670. The summed E-state index contributed by atoms with van der Waals surface area (Å²) in [6.45, 7) is 5.48. The highest BCUT2D eigenvalue weighted by Crippen LogP contribution is 2.00. The van der Waals surface area contributed by atoms with E-state index < -0.39 is 0 Å². The van der Waals surface area contributed by atoms with E-state index in [0.29, 0.717) is 0 Å². The Kier molecular flexibility index (Phi) is 4.57. The van der Waals surface area contributed by atoms with Gasteiger partial charge in [0.25, 0.3) is 0 Å². The Morgan fingerprint density at radius 3 is 3.08 bits per heavy atom. The van der Waals surface area contributed by atoms with E-state index in [1.807, 2.05) is 14.0 Å². The molecule has 0 unspecified atom stereocenters. The summed E-state index contributed by atoms with van der Waals surface area (Å²) in [5.74, 6) is 0. The van der Waals surface area contributed by atoms with Crippen LogP contribution >= 0.6 is 0 Å². The fourth-order valence-electron chi connectivity index (χ4n) is 1.25. The Balaban J connectivity index is 2.31. The monoisotopic (exact) mass is 182 g/mol. The molecule has 0 aliphatic rings. The molecule has 0 amide bonds. The fourth-order valence-corrected chi connectivity index (χ4v) is 1.25. The van der Waals surface area contributed by atoms with Crippen LogP contribution in [0.15, 0.2) is 18.5 Å². The maximum Gasteiger partial charge on any atom is 0.0645 e. The molecule has 0 fully saturated rings. The van der Waals surface area contributed by atoms with E-state index >= 15 is 0 Å². The summed E-state index contributed by atoms with van der Waals surface area (Å²) in [6, 6.07) is 2.13. The van der Waals surface area contributed by atoms with Gasteiger partial charge < -0.3 is 14.6 Å². The van der Waals surface area contributed by atoms with Crippen LogP contribution in [0.4, 0.5) is 0 Å². The molecule has 1 N–H and O–H groups in total. The minimum atomic E-state index is 0.796. The standard InChI is InChI=1S/C10H18N2O/c1-3-13-7-6-12-5-4-10(9-12)8-11-2/h4-5,9,11H,3,6-8H2,1-2H3. The van der Waals surface area contributed by atoms with Crippen molar-refractivity contribution >= 4 is 0 Å². The van der Waals surface area contributed by atoms with Gasteiger partial charge in [0.15, 0.2) is 0 Å². The van der Waals surface area contributed by atoms with Crippen LogP contribution in [0.1, 0.15) is 12.5 Å². The lowest BCUT2D eigenvalue weighted by Crippen LogP contribution is -2.05. The highest BCUT2D eigenvalue weighted by Gasteiger charge is 1.94. The second-order valence-corrected chi connectivity index (χ2v) is 2.98. The second-order valence-electron chi connectivity index (χ2n) is 2.98. The van der Waals surface area contributed by atoms with E-state index in [1.165, 1.54) is 5.56 Å². The first kappa shape index (κ1) is 10.3. The molecule has 1 aromatic heterocycles. The first-order valence-electron chi connectivity index (χ1n) is 4.73. The summed E-state index contributed by atoms with van der Waals surface area (Å²) in [6.07, 6.45) is 4.24. The van der Waals surface area contributed by atoms with Crippen LogP contribution in [-0.4, -0.2) is 24.8 Å². The van der Waals surface area contributed by atoms with Gasteiger partial charge in [0.05, 0.1) is 6.61 Å². The van der Waals surface area contributed by atoms with Gasteiger partial charge in [0.1, 0.15) is 0 Å². The molecule has 74 valence electrons. The predicted octanol–water partition coefficient (Wildman–Crippen LogP) is 1.24. The molecule has 0 aromatic carbocycles. The Morgan fingerprint density at radius 2 is 2.38 bits per heavy atom. The van der Waals surface area contributed by atoms with Crippen molar-refractivity contribution in [3.63, 3.8) is 0 Å². The van der Waals surface area contributed by atoms with Crippen LogP contribution < -0.4 is 5.32 Å². The number of nitrogens with zero attached hydrogens (tertiary/aromatic N) is 1. The van der Waals surface area contributed by atoms with Crippen molar-refractivity contribution in [3.8, 4) is 0 Å². The zero-order valence-electron chi connectivity index (χ0n) is 8.42. The van der Waals surface area contributed by atoms with Crippen molar-refractivity contribution in [3.05, 3.63) is 24.0 Å². The summed E-state index contributed by atoms with van der Waals surface area (Å²) in [4.78, 5) is 0. The lowest BCUT2D eigenvalue weighted by atomic mass is 10.3. The Bertz CT molecular complexity index is 233. The van der Waals surface area contributed by atoms with Crippen LogP contribution in [0.3, 0.4) is 0 Å². The van der Waals surface area contributed by atoms with Crippen LogP contribution in [0.2, 0.25) is 0 Å². The number of rotatable bonds is 6. The molecule has 0 spiro atoms. The number of hydrogen-bond donors (Lipinski definition) is 1. The zero-order valence-corrected chi connectivity index (χ0v) is 8.42. The molecule has 0 bridgehead atoms. The Hall–Kier alpha value is -0.800. The molecule has 0 aliphatic carbocycles. The van der Waals surface area contributed by atoms with Gasteiger partial charge in [-0.3, -0.25) is 0 Å². The molecule has 0 atom stereocenters. The number of hydrogen-bond acceptors (Lipinski definition) is 2. The van der Waals surface area contributed by atoms with Crippen molar-refractivity contribution in [1.82, 2.24) is 9.88 Å². The molecule has 0 aliphatic heterocycles. The third-order valence-electron chi connectivity index (χ3n) is 1.89. The summed E-state index contributed by atoms with van der Waals surface area (Å²) in [7, 11) is 1.96. The van der Waals surface area contributed by atoms with Crippen LogP contribution in [0, 0.1) is 0 Å². The van der Waals surface area contributed by atoms with Gasteiger partial charge in [-0.05, 0) is 25.6 Å². The Morgan fingerprint density at radius 1 is 1.54 bits per heavy atom. The van der Waals surface area contributed by atoms with Crippen molar-refractivity contribution in [2.45, 2.75) is 20.0 Å². The molecule has 0 saturated heterocycles. The van der Waals surface area contributed by atoms with Gasteiger partial charge in [-0.1, -0.05) is 0 Å². The Labute approximate surface area is 79.7 Å². The molecule has 1 heterocycles. The summed E-state index contributed by atoms with van der Waals surface area (Å²) >= 11 is 0. The second kappa shape index (κ2) is 5.78. The number of nitrogens with one attached hydrogen (secondary N) is 1. The van der Waals surface area contributed by atoms with Crippen LogP contribution in [0.25, 0.3) is 0 Å². The van der Waals surface area contributed by atoms with Gasteiger partial charge in [0.2, 0.25) is 0 Å². The minimum Gasteiger partial charge on any atom is -0.380 e. The molecule has 3 heteroatoms. The summed E-state index contributed by atoms with van der Waals surface area (Å²) in [5.41, 5.74) is 1.32. The lowest BCUT2D eigenvalue weighted by Gasteiger charge is -2.02. The SMILES string of the molecule is CCOCCn1ccc(CNC)c1. The van der Waals surface area contributed by atoms with E-state index in [1.54, 1.807) is 0 Å². The highest BCUT2D eigenvalue weighted by atomic mass is 16.5. The third kappa shape index (κ3) is 3.61. The van der Waals surface area contributed by atoms with E-state index in [-0.39, 0.29) is 0 Å². The summed E-state index contributed by atoms with van der Waals surface area (Å²) < 4.78 is 7.43. The first-order chi connectivity index (χ1) is 6.36. The zero-order chi connectivity index (χ0) is 9.52. The molecule has 13 heavy (non-hydrogen) atoms. The van der Waals surface area contributed by atoms with Crippen LogP contribution in [-0.2, 0) is 17.8 Å². The molecule has 1 rings (SSSR count). The smallest absolute Gasteiger partial charge is 0.0645 e. The van der Waals surface area contributed by atoms with Crippen molar-refractivity contribution in [1.29, 1.82) is 0 Å². The molecular formula is C10H18N2O. The predicted molar refractivity (Wildman–Crippen MR) is 53.7 cm³/mol. The van der Waals surface area contributed by atoms with Gasteiger partial charge >= 0.3 is 0 Å². The minimum absolute atomic E-state index is 0.796.